The number of methoxy groups -OCH3 is 1. The maximum atomic E-state index is 13.0. The predicted octanol–water partition coefficient (Wildman–Crippen LogP) is 2.87. The summed E-state index contributed by atoms with van der Waals surface area (Å²) >= 11 is 0. The van der Waals surface area contributed by atoms with E-state index in [1.807, 2.05) is 45.8 Å². The fourth-order valence-electron chi connectivity index (χ4n) is 3.53. The summed E-state index contributed by atoms with van der Waals surface area (Å²) in [6, 6.07) is 12.9. The topological polar surface area (TPSA) is 69.0 Å². The second-order valence-corrected chi connectivity index (χ2v) is 6.61. The zero-order valence-electron chi connectivity index (χ0n) is 15.4. The van der Waals surface area contributed by atoms with Gasteiger partial charge in [-0.3, -0.25) is 9.20 Å². The number of hydrogen-bond acceptors (Lipinski definition) is 5. The fourth-order valence-corrected chi connectivity index (χ4v) is 3.53. The number of nitrogens with zero attached hydrogens (tertiary/aromatic N) is 4. The highest BCUT2D eigenvalue weighted by molar-refractivity contribution is 5.81. The van der Waals surface area contributed by atoms with E-state index in [2.05, 4.69) is 10.2 Å². The molecule has 1 fully saturated rings. The smallest absolute Gasteiger partial charge is 0.263 e. The van der Waals surface area contributed by atoms with E-state index in [9.17, 15) is 4.79 Å². The average molecular weight is 366 g/mol. The lowest BCUT2D eigenvalue weighted by Crippen LogP contribution is -2.40. The largest absolute Gasteiger partial charge is 0.497 e. The molecule has 27 heavy (non-hydrogen) atoms. The third-order valence-corrected chi connectivity index (χ3v) is 4.89. The molecule has 0 N–H and O–H groups in total. The lowest BCUT2D eigenvalue weighted by Gasteiger charge is -2.26. The van der Waals surface area contributed by atoms with Crippen LogP contribution in [-0.2, 0) is 4.79 Å². The Balaban J connectivity index is 1.51. The highest BCUT2D eigenvalue weighted by Crippen LogP contribution is 2.32. The summed E-state index contributed by atoms with van der Waals surface area (Å²) in [6.45, 7) is 2.48. The van der Waals surface area contributed by atoms with Crippen molar-refractivity contribution < 1.29 is 14.3 Å². The van der Waals surface area contributed by atoms with Crippen molar-refractivity contribution in [3.63, 3.8) is 0 Å². The van der Waals surface area contributed by atoms with Gasteiger partial charge in [0.25, 0.3) is 5.91 Å². The first-order valence-electron chi connectivity index (χ1n) is 9.08. The molecule has 0 unspecified atom stereocenters. The van der Waals surface area contributed by atoms with Gasteiger partial charge in [0.2, 0.25) is 0 Å². The summed E-state index contributed by atoms with van der Waals surface area (Å²) < 4.78 is 12.9. The molecule has 1 aromatic carbocycles. The van der Waals surface area contributed by atoms with Crippen molar-refractivity contribution in [2.24, 2.45) is 0 Å². The van der Waals surface area contributed by atoms with Crippen LogP contribution in [0.2, 0.25) is 0 Å². The minimum absolute atomic E-state index is 0.0407. The number of carbonyl (C=O) groups excluding carboxylic acids is 1. The van der Waals surface area contributed by atoms with Crippen molar-refractivity contribution in [3.05, 3.63) is 54.5 Å². The summed E-state index contributed by atoms with van der Waals surface area (Å²) in [5.41, 5.74) is 0.786. The molecule has 7 nitrogen and oxygen atoms in total. The Kier molecular flexibility index (Phi) is 4.66. The van der Waals surface area contributed by atoms with Crippen LogP contribution in [0.1, 0.15) is 31.6 Å². The van der Waals surface area contributed by atoms with Gasteiger partial charge >= 0.3 is 0 Å². The number of rotatable bonds is 5. The van der Waals surface area contributed by atoms with Gasteiger partial charge in [0.1, 0.15) is 11.5 Å². The molecule has 3 aromatic rings. The second-order valence-electron chi connectivity index (χ2n) is 6.61. The summed E-state index contributed by atoms with van der Waals surface area (Å²) in [4.78, 5) is 14.9. The highest BCUT2D eigenvalue weighted by Gasteiger charge is 2.35. The van der Waals surface area contributed by atoms with E-state index in [0.717, 1.165) is 30.1 Å². The number of carbonyl (C=O) groups is 1. The fraction of sp³-hybridized carbons (Fsp3) is 0.350. The van der Waals surface area contributed by atoms with Gasteiger partial charge in [-0.05, 0) is 56.2 Å². The van der Waals surface area contributed by atoms with Gasteiger partial charge in [-0.25, -0.2) is 0 Å². The zero-order valence-corrected chi connectivity index (χ0v) is 15.4. The van der Waals surface area contributed by atoms with Crippen LogP contribution in [-0.4, -0.2) is 45.2 Å². The number of hydrogen-bond donors (Lipinski definition) is 0. The van der Waals surface area contributed by atoms with Gasteiger partial charge in [-0.15, -0.1) is 10.2 Å². The summed E-state index contributed by atoms with van der Waals surface area (Å²) in [7, 11) is 1.61. The third-order valence-electron chi connectivity index (χ3n) is 4.89. The standard InChI is InChI=1S/C20H22N4O3/c1-14(27-16-10-8-15(26-2)9-11-16)20(25)23-13-5-6-17(23)19-22-21-18-7-3-4-12-24(18)19/h3-4,7-12,14,17H,5-6,13H2,1-2H3/t14-,17-/m0/s1. The molecule has 1 saturated heterocycles. The summed E-state index contributed by atoms with van der Waals surface area (Å²) in [6.07, 6.45) is 3.16. The molecule has 2 atom stereocenters. The van der Waals surface area contributed by atoms with Crippen LogP contribution in [0, 0.1) is 0 Å². The maximum Gasteiger partial charge on any atom is 0.263 e. The van der Waals surface area contributed by atoms with Gasteiger partial charge in [-0.1, -0.05) is 6.07 Å². The molecule has 1 aliphatic heterocycles. The molecule has 1 amide bonds. The quantitative estimate of drug-likeness (QED) is 0.694. The Morgan fingerprint density at radius 3 is 2.70 bits per heavy atom. The molecule has 0 radical (unpaired) electrons. The third kappa shape index (κ3) is 3.32. The minimum atomic E-state index is -0.585. The van der Waals surface area contributed by atoms with Crippen LogP contribution in [0.5, 0.6) is 11.5 Å². The Labute approximate surface area is 157 Å². The van der Waals surface area contributed by atoms with E-state index in [1.165, 1.54) is 0 Å². The van der Waals surface area contributed by atoms with Gasteiger partial charge in [0, 0.05) is 12.7 Å². The van der Waals surface area contributed by atoms with Crippen molar-refractivity contribution in [1.29, 1.82) is 0 Å². The maximum absolute atomic E-state index is 13.0. The Morgan fingerprint density at radius 1 is 1.15 bits per heavy atom. The molecule has 0 aliphatic carbocycles. The normalized spacial score (nSPS) is 17.9. The summed E-state index contributed by atoms with van der Waals surface area (Å²) in [5.74, 6) is 2.15. The monoisotopic (exact) mass is 366 g/mol. The molecular weight excluding hydrogens is 344 g/mol. The van der Waals surface area contributed by atoms with E-state index in [4.69, 9.17) is 9.47 Å². The summed E-state index contributed by atoms with van der Waals surface area (Å²) in [5, 5.41) is 8.55. The van der Waals surface area contributed by atoms with Crippen molar-refractivity contribution in [1.82, 2.24) is 19.5 Å². The van der Waals surface area contributed by atoms with Crippen LogP contribution >= 0.6 is 0 Å². The van der Waals surface area contributed by atoms with E-state index in [1.54, 1.807) is 26.2 Å². The number of pyridine rings is 1. The number of likely N-dealkylation sites (tertiary alicyclic amines) is 1. The number of fused-ring (bicyclic) bond motifs is 1. The SMILES string of the molecule is COc1ccc(O[C@@H](C)C(=O)N2CCC[C@H]2c2nnc3ccccn23)cc1. The van der Waals surface area contributed by atoms with Crippen LogP contribution < -0.4 is 9.47 Å². The molecule has 0 bridgehead atoms. The minimum Gasteiger partial charge on any atom is -0.497 e. The number of amides is 1. The van der Waals surface area contributed by atoms with Crippen molar-refractivity contribution in [2.45, 2.75) is 31.9 Å². The lowest BCUT2D eigenvalue weighted by atomic mass is 10.2. The molecule has 2 aromatic heterocycles. The van der Waals surface area contributed by atoms with Crippen LogP contribution in [0.3, 0.4) is 0 Å². The molecule has 0 spiro atoms. The first-order valence-corrected chi connectivity index (χ1v) is 9.08. The van der Waals surface area contributed by atoms with E-state index < -0.39 is 6.10 Å². The van der Waals surface area contributed by atoms with Crippen LogP contribution in [0.25, 0.3) is 5.65 Å². The zero-order chi connectivity index (χ0) is 18.8. The van der Waals surface area contributed by atoms with E-state index in [-0.39, 0.29) is 11.9 Å². The molecule has 4 rings (SSSR count). The van der Waals surface area contributed by atoms with Crippen molar-refractivity contribution >= 4 is 11.6 Å². The van der Waals surface area contributed by atoms with E-state index >= 15 is 0 Å². The molecule has 140 valence electrons. The lowest BCUT2D eigenvalue weighted by molar-refractivity contribution is -0.139. The number of aromatic nitrogens is 3. The Hall–Kier alpha value is -3.09. The average Bonchev–Trinajstić information content (AvgIpc) is 3.34. The van der Waals surface area contributed by atoms with Crippen molar-refractivity contribution in [2.75, 3.05) is 13.7 Å². The van der Waals surface area contributed by atoms with Gasteiger partial charge in [0.15, 0.2) is 17.6 Å². The molecule has 7 heteroatoms. The molecular formula is C20H22N4O3. The molecule has 3 heterocycles. The van der Waals surface area contributed by atoms with E-state index in [0.29, 0.717) is 12.3 Å². The number of benzene rings is 1. The predicted molar refractivity (Wildman–Crippen MR) is 99.8 cm³/mol. The Morgan fingerprint density at radius 2 is 1.93 bits per heavy atom. The van der Waals surface area contributed by atoms with Gasteiger partial charge in [-0.2, -0.15) is 0 Å². The first-order chi connectivity index (χ1) is 13.2. The highest BCUT2D eigenvalue weighted by atomic mass is 16.5. The van der Waals surface area contributed by atoms with Crippen molar-refractivity contribution in [3.8, 4) is 11.5 Å². The molecule has 0 saturated carbocycles. The molecule has 1 aliphatic rings. The van der Waals surface area contributed by atoms with Crippen LogP contribution in [0.15, 0.2) is 48.7 Å². The Bertz CT molecular complexity index is 938. The van der Waals surface area contributed by atoms with Gasteiger partial charge in [0.05, 0.1) is 13.2 Å². The first kappa shape index (κ1) is 17.3. The van der Waals surface area contributed by atoms with Gasteiger partial charge < -0.3 is 14.4 Å². The van der Waals surface area contributed by atoms with Crippen LogP contribution in [0.4, 0.5) is 0 Å². The second kappa shape index (κ2) is 7.26. The number of ether oxygens (including phenoxy) is 2.